The molecule has 0 radical (unpaired) electrons. The summed E-state index contributed by atoms with van der Waals surface area (Å²) in [4.78, 5) is 26.7. The maximum atomic E-state index is 12.5. The Morgan fingerprint density at radius 3 is 2.69 bits per heavy atom. The molecule has 1 N–H and O–H groups in total. The second-order valence-electron chi connectivity index (χ2n) is 5.58. The largest absolute Gasteiger partial charge is 0.434 e. The smallest absolute Gasteiger partial charge is 0.387 e. The van der Waals surface area contributed by atoms with E-state index in [1.54, 1.807) is 5.38 Å². The summed E-state index contributed by atoms with van der Waals surface area (Å²) in [5, 5.41) is 15.6. The maximum Gasteiger partial charge on any atom is 0.387 e. The van der Waals surface area contributed by atoms with Crippen molar-refractivity contribution >= 4 is 34.1 Å². The van der Waals surface area contributed by atoms with Crippen molar-refractivity contribution in [1.82, 2.24) is 4.98 Å². The van der Waals surface area contributed by atoms with Gasteiger partial charge in [0.25, 0.3) is 5.69 Å². The molecule has 0 spiro atoms. The van der Waals surface area contributed by atoms with Crippen molar-refractivity contribution in [2.45, 2.75) is 6.61 Å². The van der Waals surface area contributed by atoms with Gasteiger partial charge in [0.05, 0.1) is 10.6 Å². The predicted molar refractivity (Wildman–Crippen MR) is 105 cm³/mol. The number of nitrogens with zero attached hydrogens (tertiary/aromatic N) is 2. The third-order valence-corrected chi connectivity index (χ3v) is 4.40. The fraction of sp³-hybridized carbons (Fsp3) is 0.0526. The number of amides is 1. The molecule has 0 aliphatic rings. The molecule has 0 saturated carbocycles. The van der Waals surface area contributed by atoms with E-state index in [0.29, 0.717) is 10.8 Å². The van der Waals surface area contributed by atoms with Crippen molar-refractivity contribution in [3.8, 4) is 17.0 Å². The van der Waals surface area contributed by atoms with Gasteiger partial charge in [-0.25, -0.2) is 4.98 Å². The van der Waals surface area contributed by atoms with E-state index in [9.17, 15) is 23.7 Å². The molecule has 0 aliphatic carbocycles. The van der Waals surface area contributed by atoms with Crippen LogP contribution >= 0.6 is 11.3 Å². The van der Waals surface area contributed by atoms with E-state index in [-0.39, 0.29) is 17.0 Å². The van der Waals surface area contributed by atoms with Crippen molar-refractivity contribution in [1.29, 1.82) is 0 Å². The Morgan fingerprint density at radius 1 is 1.24 bits per heavy atom. The summed E-state index contributed by atoms with van der Waals surface area (Å²) in [7, 11) is 0. The van der Waals surface area contributed by atoms with Crippen LogP contribution in [0.1, 0.15) is 5.56 Å². The van der Waals surface area contributed by atoms with Gasteiger partial charge in [0, 0.05) is 34.7 Å². The SMILES string of the molecule is O=C(/C=C/c1cc([N+](=O)[O-])ccc1OC(F)F)Nc1nc(-c2ccccc2)cs1. The minimum Gasteiger partial charge on any atom is -0.434 e. The minimum absolute atomic E-state index is 0.0289. The number of ether oxygens (including phenoxy) is 1. The average molecular weight is 417 g/mol. The van der Waals surface area contributed by atoms with Crippen LogP contribution in [0.2, 0.25) is 0 Å². The lowest BCUT2D eigenvalue weighted by atomic mass is 10.1. The molecule has 7 nitrogen and oxygen atoms in total. The number of alkyl halides is 2. The molecule has 0 aliphatic heterocycles. The summed E-state index contributed by atoms with van der Waals surface area (Å²) < 4.78 is 29.4. The van der Waals surface area contributed by atoms with Gasteiger partial charge in [-0.3, -0.25) is 20.2 Å². The zero-order valence-corrected chi connectivity index (χ0v) is 15.4. The van der Waals surface area contributed by atoms with Gasteiger partial charge in [0.1, 0.15) is 5.75 Å². The summed E-state index contributed by atoms with van der Waals surface area (Å²) >= 11 is 1.22. The van der Waals surface area contributed by atoms with E-state index in [0.717, 1.165) is 35.9 Å². The highest BCUT2D eigenvalue weighted by Gasteiger charge is 2.14. The molecule has 0 unspecified atom stereocenters. The number of nitro groups is 1. The van der Waals surface area contributed by atoms with Gasteiger partial charge in [0.15, 0.2) is 5.13 Å². The number of nitrogens with one attached hydrogen (secondary N) is 1. The first-order valence-electron chi connectivity index (χ1n) is 8.15. The minimum atomic E-state index is -3.11. The Balaban J connectivity index is 1.74. The second kappa shape index (κ2) is 9.02. The van der Waals surface area contributed by atoms with Crippen LogP contribution in [0.25, 0.3) is 17.3 Å². The Labute approximate surface area is 167 Å². The molecule has 0 bridgehead atoms. The Bertz CT molecular complexity index is 1050. The van der Waals surface area contributed by atoms with Gasteiger partial charge in [-0.15, -0.1) is 11.3 Å². The van der Waals surface area contributed by atoms with Crippen LogP contribution < -0.4 is 10.1 Å². The first kappa shape index (κ1) is 20.1. The van der Waals surface area contributed by atoms with E-state index >= 15 is 0 Å². The van der Waals surface area contributed by atoms with E-state index < -0.39 is 17.4 Å². The molecule has 0 atom stereocenters. The quantitative estimate of drug-likeness (QED) is 0.333. The number of anilines is 1. The molecule has 2 aromatic carbocycles. The molecule has 148 valence electrons. The zero-order valence-electron chi connectivity index (χ0n) is 14.6. The third-order valence-electron chi connectivity index (χ3n) is 3.64. The van der Waals surface area contributed by atoms with Gasteiger partial charge in [0.2, 0.25) is 5.91 Å². The highest BCUT2D eigenvalue weighted by atomic mass is 32.1. The number of rotatable bonds is 7. The lowest BCUT2D eigenvalue weighted by molar-refractivity contribution is -0.384. The van der Waals surface area contributed by atoms with Gasteiger partial charge >= 0.3 is 6.61 Å². The molecule has 1 heterocycles. The van der Waals surface area contributed by atoms with E-state index in [1.807, 2.05) is 30.3 Å². The predicted octanol–water partition coefficient (Wildman–Crippen LogP) is 4.97. The van der Waals surface area contributed by atoms with E-state index in [4.69, 9.17) is 0 Å². The number of carbonyl (C=O) groups excluding carboxylic acids is 1. The first-order chi connectivity index (χ1) is 13.9. The van der Waals surface area contributed by atoms with Gasteiger partial charge in [-0.05, 0) is 12.1 Å². The van der Waals surface area contributed by atoms with Crippen LogP contribution in [0.3, 0.4) is 0 Å². The lowest BCUT2D eigenvalue weighted by Crippen LogP contribution is -2.07. The number of halogens is 2. The monoisotopic (exact) mass is 417 g/mol. The number of non-ortho nitro benzene ring substituents is 1. The Morgan fingerprint density at radius 2 is 2.00 bits per heavy atom. The third kappa shape index (κ3) is 5.42. The number of nitro benzene ring substituents is 1. The van der Waals surface area contributed by atoms with Crippen LogP contribution in [-0.2, 0) is 4.79 Å². The number of aromatic nitrogens is 1. The lowest BCUT2D eigenvalue weighted by Gasteiger charge is -2.07. The summed E-state index contributed by atoms with van der Waals surface area (Å²) in [6.07, 6.45) is 2.22. The van der Waals surface area contributed by atoms with Gasteiger partial charge in [-0.2, -0.15) is 8.78 Å². The zero-order chi connectivity index (χ0) is 20.8. The van der Waals surface area contributed by atoms with Crippen molar-refractivity contribution in [2.75, 3.05) is 5.32 Å². The Hall–Kier alpha value is -3.66. The number of hydrogen-bond acceptors (Lipinski definition) is 6. The molecule has 0 saturated heterocycles. The topological polar surface area (TPSA) is 94.4 Å². The fourth-order valence-corrected chi connectivity index (χ4v) is 3.09. The molecule has 29 heavy (non-hydrogen) atoms. The molecule has 1 amide bonds. The van der Waals surface area contributed by atoms with Crippen molar-refractivity contribution < 1.29 is 23.2 Å². The normalized spacial score (nSPS) is 11.0. The number of benzene rings is 2. The molecular weight excluding hydrogens is 404 g/mol. The van der Waals surface area contributed by atoms with E-state index in [1.165, 1.54) is 11.3 Å². The summed E-state index contributed by atoms with van der Waals surface area (Å²) in [5.74, 6) is -0.858. The molecule has 1 aromatic heterocycles. The summed E-state index contributed by atoms with van der Waals surface area (Å²) in [5.41, 5.74) is 1.24. The van der Waals surface area contributed by atoms with Crippen molar-refractivity contribution in [3.63, 3.8) is 0 Å². The van der Waals surface area contributed by atoms with Crippen LogP contribution in [0, 0.1) is 10.1 Å². The van der Waals surface area contributed by atoms with Crippen molar-refractivity contribution in [3.05, 3.63) is 75.7 Å². The van der Waals surface area contributed by atoms with Gasteiger partial charge in [-0.1, -0.05) is 30.3 Å². The maximum absolute atomic E-state index is 12.5. The number of hydrogen-bond donors (Lipinski definition) is 1. The van der Waals surface area contributed by atoms with Crippen molar-refractivity contribution in [2.24, 2.45) is 0 Å². The number of thiazole rings is 1. The second-order valence-corrected chi connectivity index (χ2v) is 6.44. The molecule has 10 heteroatoms. The highest BCUT2D eigenvalue weighted by molar-refractivity contribution is 7.14. The first-order valence-corrected chi connectivity index (χ1v) is 9.03. The highest BCUT2D eigenvalue weighted by Crippen LogP contribution is 2.27. The number of carbonyl (C=O) groups is 1. The van der Waals surface area contributed by atoms with Crippen LogP contribution in [0.15, 0.2) is 60.0 Å². The molecule has 3 rings (SSSR count). The summed E-state index contributed by atoms with van der Waals surface area (Å²) in [6, 6.07) is 12.5. The van der Waals surface area contributed by atoms with Crippen LogP contribution in [0.4, 0.5) is 19.6 Å². The van der Waals surface area contributed by atoms with Crippen LogP contribution in [-0.4, -0.2) is 22.4 Å². The fourth-order valence-electron chi connectivity index (χ4n) is 2.37. The summed E-state index contributed by atoms with van der Waals surface area (Å²) in [6.45, 7) is -3.11. The van der Waals surface area contributed by atoms with Crippen LogP contribution in [0.5, 0.6) is 5.75 Å². The molecular formula is C19H13F2N3O4S. The Kier molecular flexibility index (Phi) is 6.25. The standard InChI is InChI=1S/C19H13F2N3O4S/c20-18(21)28-16-8-7-14(24(26)27)10-13(16)6-9-17(25)23-19-22-15(11-29-19)12-4-2-1-3-5-12/h1-11,18H,(H,22,23,25)/b9-6+. The molecule has 0 fully saturated rings. The van der Waals surface area contributed by atoms with Gasteiger partial charge < -0.3 is 4.74 Å². The average Bonchev–Trinajstić information content (AvgIpc) is 3.15. The van der Waals surface area contributed by atoms with E-state index in [2.05, 4.69) is 15.0 Å². The molecule has 3 aromatic rings.